The fourth-order valence-electron chi connectivity index (χ4n) is 3.04. The number of anilines is 1. The molecule has 0 saturated carbocycles. The maximum absolute atomic E-state index is 12.3. The SMILES string of the molecule is CC(C)NC(=O)CCC(=O)N1CCN(c2nsc3ccccc23)CC1. The third kappa shape index (κ3) is 4.28. The molecule has 2 heterocycles. The van der Waals surface area contributed by atoms with Gasteiger partial charge in [-0.1, -0.05) is 12.1 Å². The minimum Gasteiger partial charge on any atom is -0.354 e. The van der Waals surface area contributed by atoms with Crippen molar-refractivity contribution in [3.63, 3.8) is 0 Å². The second-order valence-corrected chi connectivity index (χ2v) is 7.40. The average Bonchev–Trinajstić information content (AvgIpc) is 3.03. The quantitative estimate of drug-likeness (QED) is 0.888. The summed E-state index contributed by atoms with van der Waals surface area (Å²) < 4.78 is 5.77. The van der Waals surface area contributed by atoms with Crippen LogP contribution in [-0.2, 0) is 9.59 Å². The number of amides is 2. The van der Waals surface area contributed by atoms with Crippen LogP contribution in [0.2, 0.25) is 0 Å². The summed E-state index contributed by atoms with van der Waals surface area (Å²) in [6.45, 7) is 6.74. The molecule has 0 atom stereocenters. The number of rotatable bonds is 5. The highest BCUT2D eigenvalue weighted by Crippen LogP contribution is 2.29. The molecule has 0 aliphatic carbocycles. The Morgan fingerprint density at radius 1 is 1.16 bits per heavy atom. The van der Waals surface area contributed by atoms with Crippen molar-refractivity contribution in [2.45, 2.75) is 32.7 Å². The Bertz CT molecular complexity index is 750. The lowest BCUT2D eigenvalue weighted by atomic mass is 10.2. The lowest BCUT2D eigenvalue weighted by Gasteiger charge is -2.35. The van der Waals surface area contributed by atoms with Crippen molar-refractivity contribution in [3.8, 4) is 0 Å². The zero-order valence-electron chi connectivity index (χ0n) is 14.7. The molecule has 1 aliphatic rings. The van der Waals surface area contributed by atoms with Crippen molar-refractivity contribution in [2.75, 3.05) is 31.1 Å². The summed E-state index contributed by atoms with van der Waals surface area (Å²) in [6.07, 6.45) is 0.534. The van der Waals surface area contributed by atoms with E-state index in [1.807, 2.05) is 30.9 Å². The molecule has 0 radical (unpaired) electrons. The zero-order chi connectivity index (χ0) is 17.8. The Kier molecular flexibility index (Phi) is 5.53. The van der Waals surface area contributed by atoms with Gasteiger partial charge in [0.2, 0.25) is 11.8 Å². The first kappa shape index (κ1) is 17.7. The highest BCUT2D eigenvalue weighted by Gasteiger charge is 2.23. The van der Waals surface area contributed by atoms with Gasteiger partial charge >= 0.3 is 0 Å². The van der Waals surface area contributed by atoms with Gasteiger partial charge in [0.1, 0.15) is 5.82 Å². The van der Waals surface area contributed by atoms with Gasteiger partial charge in [0.05, 0.1) is 4.70 Å². The number of fused-ring (bicyclic) bond motifs is 1. The summed E-state index contributed by atoms with van der Waals surface area (Å²) in [7, 11) is 0. The predicted molar refractivity (Wildman–Crippen MR) is 101 cm³/mol. The van der Waals surface area contributed by atoms with E-state index in [-0.39, 0.29) is 30.7 Å². The van der Waals surface area contributed by atoms with Gasteiger partial charge in [-0.3, -0.25) is 9.59 Å². The van der Waals surface area contributed by atoms with Crippen LogP contribution >= 0.6 is 11.5 Å². The minimum atomic E-state index is -0.0593. The monoisotopic (exact) mass is 360 g/mol. The van der Waals surface area contributed by atoms with E-state index in [0.29, 0.717) is 13.1 Å². The maximum Gasteiger partial charge on any atom is 0.223 e. The van der Waals surface area contributed by atoms with Crippen LogP contribution in [0, 0.1) is 0 Å². The van der Waals surface area contributed by atoms with Gasteiger partial charge in [0, 0.05) is 50.4 Å². The fraction of sp³-hybridized carbons (Fsp3) is 0.500. The highest BCUT2D eigenvalue weighted by atomic mass is 32.1. The first-order valence-electron chi connectivity index (χ1n) is 8.71. The third-order valence-corrected chi connectivity index (χ3v) is 5.12. The molecule has 1 fully saturated rings. The molecular weight excluding hydrogens is 336 g/mol. The molecule has 1 aliphatic heterocycles. The summed E-state index contributed by atoms with van der Waals surface area (Å²) in [5.74, 6) is 1.02. The lowest BCUT2D eigenvalue weighted by molar-refractivity contribution is -0.134. The van der Waals surface area contributed by atoms with Gasteiger partial charge in [0.15, 0.2) is 0 Å². The average molecular weight is 360 g/mol. The van der Waals surface area contributed by atoms with Crippen LogP contribution in [0.25, 0.3) is 10.1 Å². The largest absolute Gasteiger partial charge is 0.354 e. The van der Waals surface area contributed by atoms with Crippen LogP contribution in [0.1, 0.15) is 26.7 Å². The summed E-state index contributed by atoms with van der Waals surface area (Å²) in [5.41, 5.74) is 0. The van der Waals surface area contributed by atoms with E-state index in [9.17, 15) is 9.59 Å². The van der Waals surface area contributed by atoms with Crippen LogP contribution in [0.3, 0.4) is 0 Å². The smallest absolute Gasteiger partial charge is 0.223 e. The van der Waals surface area contributed by atoms with Gasteiger partial charge in [-0.15, -0.1) is 0 Å². The van der Waals surface area contributed by atoms with Crippen molar-refractivity contribution in [3.05, 3.63) is 24.3 Å². The standard InChI is InChI=1S/C18H24N4O2S/c1-13(2)19-16(23)7-8-17(24)21-9-11-22(12-10-21)18-14-5-3-4-6-15(14)25-20-18/h3-6,13H,7-12H2,1-2H3,(H,19,23). The van der Waals surface area contributed by atoms with Crippen molar-refractivity contribution >= 4 is 39.3 Å². The van der Waals surface area contributed by atoms with E-state index >= 15 is 0 Å². The van der Waals surface area contributed by atoms with Crippen molar-refractivity contribution in [2.24, 2.45) is 0 Å². The molecule has 1 aromatic heterocycles. The molecule has 2 aromatic rings. The van der Waals surface area contributed by atoms with E-state index in [2.05, 4.69) is 26.7 Å². The molecule has 0 spiro atoms. The molecular formula is C18H24N4O2S. The number of carbonyl (C=O) groups is 2. The highest BCUT2D eigenvalue weighted by molar-refractivity contribution is 7.13. The number of benzene rings is 1. The molecule has 0 bridgehead atoms. The molecule has 1 aromatic carbocycles. The normalized spacial score (nSPS) is 15.0. The number of nitrogens with zero attached hydrogens (tertiary/aromatic N) is 3. The Morgan fingerprint density at radius 2 is 1.88 bits per heavy atom. The van der Waals surface area contributed by atoms with Gasteiger partial charge in [-0.25, -0.2) is 0 Å². The van der Waals surface area contributed by atoms with Crippen LogP contribution in [-0.4, -0.2) is 53.3 Å². The number of piperazine rings is 1. The first-order chi connectivity index (χ1) is 12.0. The summed E-state index contributed by atoms with van der Waals surface area (Å²) in [5, 5.41) is 4.00. The zero-order valence-corrected chi connectivity index (χ0v) is 15.5. The number of carbonyl (C=O) groups excluding carboxylic acids is 2. The summed E-state index contributed by atoms with van der Waals surface area (Å²) >= 11 is 1.51. The third-order valence-electron chi connectivity index (χ3n) is 4.31. The molecule has 1 saturated heterocycles. The molecule has 3 rings (SSSR count). The van der Waals surface area contributed by atoms with E-state index < -0.39 is 0 Å². The summed E-state index contributed by atoms with van der Waals surface area (Å²) in [6, 6.07) is 8.34. The van der Waals surface area contributed by atoms with E-state index in [0.717, 1.165) is 18.9 Å². The van der Waals surface area contributed by atoms with Crippen LogP contribution < -0.4 is 10.2 Å². The van der Waals surface area contributed by atoms with Gasteiger partial charge in [-0.2, -0.15) is 4.37 Å². The fourth-order valence-corrected chi connectivity index (χ4v) is 3.84. The Hall–Kier alpha value is -2.15. The number of nitrogens with one attached hydrogen (secondary N) is 1. The first-order valence-corrected chi connectivity index (χ1v) is 9.48. The van der Waals surface area contributed by atoms with E-state index in [4.69, 9.17) is 0 Å². The van der Waals surface area contributed by atoms with Crippen molar-refractivity contribution in [1.29, 1.82) is 0 Å². The Labute approximate surface area is 152 Å². The Balaban J connectivity index is 1.51. The molecule has 2 amide bonds. The Morgan fingerprint density at radius 3 is 2.60 bits per heavy atom. The summed E-state index contributed by atoms with van der Waals surface area (Å²) in [4.78, 5) is 28.1. The number of aromatic nitrogens is 1. The second-order valence-electron chi connectivity index (χ2n) is 6.59. The molecule has 6 nitrogen and oxygen atoms in total. The molecule has 134 valence electrons. The van der Waals surface area contributed by atoms with E-state index in [1.54, 1.807) is 0 Å². The van der Waals surface area contributed by atoms with E-state index in [1.165, 1.54) is 21.6 Å². The van der Waals surface area contributed by atoms with Gasteiger partial charge in [0.25, 0.3) is 0 Å². The van der Waals surface area contributed by atoms with Crippen molar-refractivity contribution in [1.82, 2.24) is 14.6 Å². The van der Waals surface area contributed by atoms with Crippen LogP contribution in [0.5, 0.6) is 0 Å². The molecule has 7 heteroatoms. The lowest BCUT2D eigenvalue weighted by Crippen LogP contribution is -2.49. The maximum atomic E-state index is 12.3. The molecule has 1 N–H and O–H groups in total. The number of hydrogen-bond donors (Lipinski definition) is 1. The van der Waals surface area contributed by atoms with Gasteiger partial charge < -0.3 is 15.1 Å². The van der Waals surface area contributed by atoms with Crippen LogP contribution in [0.15, 0.2) is 24.3 Å². The minimum absolute atomic E-state index is 0.0571. The number of hydrogen-bond acceptors (Lipinski definition) is 5. The van der Waals surface area contributed by atoms with Crippen LogP contribution in [0.4, 0.5) is 5.82 Å². The predicted octanol–water partition coefficient (Wildman–Crippen LogP) is 2.25. The van der Waals surface area contributed by atoms with Gasteiger partial charge in [-0.05, 0) is 37.5 Å². The van der Waals surface area contributed by atoms with Crippen molar-refractivity contribution < 1.29 is 9.59 Å². The molecule has 0 unspecified atom stereocenters. The molecule has 25 heavy (non-hydrogen) atoms. The topological polar surface area (TPSA) is 65.5 Å². The second kappa shape index (κ2) is 7.82.